The maximum Gasteiger partial charge on any atom is 0.203 e. The van der Waals surface area contributed by atoms with Crippen LogP contribution in [-0.2, 0) is 11.2 Å². The Morgan fingerprint density at radius 3 is 2.87 bits per heavy atom. The average Bonchev–Trinajstić information content (AvgIpc) is 2.84. The van der Waals surface area contributed by atoms with Crippen LogP contribution >= 0.6 is 0 Å². The fourth-order valence-electron chi connectivity index (χ4n) is 1.90. The molecule has 3 heteroatoms. The molecule has 0 bridgehead atoms. The zero-order valence-corrected chi connectivity index (χ0v) is 9.16. The molecule has 0 N–H and O–H groups in total. The van der Waals surface area contributed by atoms with Crippen LogP contribution < -0.4 is 0 Å². The van der Waals surface area contributed by atoms with Crippen molar-refractivity contribution in [2.75, 3.05) is 6.61 Å². The molecule has 0 aromatic carbocycles. The Kier molecular flexibility index (Phi) is 2.91. The van der Waals surface area contributed by atoms with E-state index in [1.807, 2.05) is 19.9 Å². The van der Waals surface area contributed by atoms with Crippen LogP contribution in [-0.4, -0.2) is 18.5 Å². The first kappa shape index (κ1) is 10.4. The molecule has 0 saturated carbocycles. The van der Waals surface area contributed by atoms with E-state index in [1.165, 1.54) is 0 Å². The molecule has 0 aliphatic carbocycles. The van der Waals surface area contributed by atoms with Crippen molar-refractivity contribution in [2.24, 2.45) is 5.92 Å². The average molecular weight is 208 g/mol. The van der Waals surface area contributed by atoms with E-state index in [1.54, 1.807) is 6.07 Å². The second kappa shape index (κ2) is 4.19. The topological polar surface area (TPSA) is 39.4 Å². The van der Waals surface area contributed by atoms with Crippen molar-refractivity contribution < 1.29 is 13.9 Å². The Balaban J connectivity index is 2.07. The first-order valence-electron chi connectivity index (χ1n) is 5.45. The van der Waals surface area contributed by atoms with Crippen LogP contribution in [0.2, 0.25) is 0 Å². The summed E-state index contributed by atoms with van der Waals surface area (Å²) in [4.78, 5) is 11.9. The molecule has 0 amide bonds. The van der Waals surface area contributed by atoms with Crippen LogP contribution in [0.1, 0.15) is 36.6 Å². The van der Waals surface area contributed by atoms with Crippen LogP contribution in [0.25, 0.3) is 0 Å². The Hall–Kier alpha value is -1.09. The lowest BCUT2D eigenvalue weighted by atomic mass is 9.99. The highest BCUT2D eigenvalue weighted by molar-refractivity contribution is 5.95. The van der Waals surface area contributed by atoms with Crippen LogP contribution in [0, 0.1) is 5.92 Å². The maximum absolute atomic E-state index is 11.9. The second-order valence-corrected chi connectivity index (χ2v) is 4.06. The van der Waals surface area contributed by atoms with Crippen LogP contribution in [0.4, 0.5) is 0 Å². The van der Waals surface area contributed by atoms with E-state index < -0.39 is 0 Å². The molecular formula is C12H16O3. The number of carbonyl (C=O) groups excluding carboxylic acids is 1. The molecule has 1 aliphatic heterocycles. The SMILES string of the molecule is CCc1ccc(C(=O)C2COC(C)C2)o1. The summed E-state index contributed by atoms with van der Waals surface area (Å²) in [5.74, 6) is 1.41. The first-order chi connectivity index (χ1) is 7.20. The predicted octanol–water partition coefficient (Wildman–Crippen LogP) is 2.45. The summed E-state index contributed by atoms with van der Waals surface area (Å²) in [6, 6.07) is 3.64. The smallest absolute Gasteiger partial charge is 0.203 e. The predicted molar refractivity (Wildman–Crippen MR) is 55.9 cm³/mol. The van der Waals surface area contributed by atoms with Gasteiger partial charge in [0.2, 0.25) is 5.78 Å². The number of ether oxygens (including phenoxy) is 1. The molecule has 1 aromatic rings. The molecule has 0 spiro atoms. The quantitative estimate of drug-likeness (QED) is 0.716. The van der Waals surface area contributed by atoms with Crippen LogP contribution in [0.3, 0.4) is 0 Å². The number of rotatable bonds is 3. The van der Waals surface area contributed by atoms with Gasteiger partial charge in [-0.3, -0.25) is 4.79 Å². The fraction of sp³-hybridized carbons (Fsp3) is 0.583. The molecule has 2 unspecified atom stereocenters. The second-order valence-electron chi connectivity index (χ2n) is 4.06. The summed E-state index contributed by atoms with van der Waals surface area (Å²) in [5.41, 5.74) is 0. The number of aryl methyl sites for hydroxylation is 1. The monoisotopic (exact) mass is 208 g/mol. The molecule has 15 heavy (non-hydrogen) atoms. The Labute approximate surface area is 89.4 Å². The van der Waals surface area contributed by atoms with Gasteiger partial charge in [0.25, 0.3) is 0 Å². The molecule has 1 saturated heterocycles. The number of hydrogen-bond donors (Lipinski definition) is 0. The number of ketones is 1. The molecule has 82 valence electrons. The van der Waals surface area contributed by atoms with E-state index in [2.05, 4.69) is 0 Å². The molecule has 1 aromatic heterocycles. The van der Waals surface area contributed by atoms with Crippen molar-refractivity contribution in [1.82, 2.24) is 0 Å². The van der Waals surface area contributed by atoms with Crippen molar-refractivity contribution in [3.63, 3.8) is 0 Å². The minimum Gasteiger partial charge on any atom is -0.458 e. The lowest BCUT2D eigenvalue weighted by Gasteiger charge is -2.02. The van der Waals surface area contributed by atoms with Gasteiger partial charge in [-0.05, 0) is 25.5 Å². The largest absolute Gasteiger partial charge is 0.458 e. The maximum atomic E-state index is 11.9. The first-order valence-corrected chi connectivity index (χ1v) is 5.45. The van der Waals surface area contributed by atoms with Gasteiger partial charge in [0.05, 0.1) is 18.6 Å². The molecule has 3 nitrogen and oxygen atoms in total. The summed E-state index contributed by atoms with van der Waals surface area (Å²) < 4.78 is 10.8. The normalized spacial score (nSPS) is 25.7. The van der Waals surface area contributed by atoms with Gasteiger partial charge in [0, 0.05) is 6.42 Å². The summed E-state index contributed by atoms with van der Waals surface area (Å²) >= 11 is 0. The van der Waals surface area contributed by atoms with E-state index in [9.17, 15) is 4.79 Å². The number of carbonyl (C=O) groups is 1. The molecule has 2 atom stereocenters. The summed E-state index contributed by atoms with van der Waals surface area (Å²) in [6.07, 6.45) is 1.82. The van der Waals surface area contributed by atoms with Crippen molar-refractivity contribution in [3.8, 4) is 0 Å². The van der Waals surface area contributed by atoms with Gasteiger partial charge in [-0.1, -0.05) is 6.92 Å². The highest BCUT2D eigenvalue weighted by atomic mass is 16.5. The zero-order chi connectivity index (χ0) is 10.8. The molecule has 2 rings (SSSR count). The van der Waals surface area contributed by atoms with Crippen molar-refractivity contribution in [2.45, 2.75) is 32.8 Å². The van der Waals surface area contributed by atoms with E-state index >= 15 is 0 Å². The lowest BCUT2D eigenvalue weighted by Crippen LogP contribution is -2.14. The van der Waals surface area contributed by atoms with Gasteiger partial charge in [-0.2, -0.15) is 0 Å². The number of Topliss-reactive ketones (excluding diaryl/α,β-unsaturated/α-hetero) is 1. The van der Waals surface area contributed by atoms with Gasteiger partial charge in [0.15, 0.2) is 5.76 Å². The molecule has 2 heterocycles. The third-order valence-corrected chi connectivity index (χ3v) is 2.82. The molecular weight excluding hydrogens is 192 g/mol. The van der Waals surface area contributed by atoms with E-state index in [4.69, 9.17) is 9.15 Å². The minimum atomic E-state index is -0.0177. The van der Waals surface area contributed by atoms with Gasteiger partial charge < -0.3 is 9.15 Å². The third kappa shape index (κ3) is 2.12. The van der Waals surface area contributed by atoms with Crippen LogP contribution in [0.5, 0.6) is 0 Å². The van der Waals surface area contributed by atoms with Gasteiger partial charge in [0.1, 0.15) is 5.76 Å². The van der Waals surface area contributed by atoms with Gasteiger partial charge >= 0.3 is 0 Å². The molecule has 0 radical (unpaired) electrons. The molecule has 1 fully saturated rings. The third-order valence-electron chi connectivity index (χ3n) is 2.82. The van der Waals surface area contributed by atoms with Crippen molar-refractivity contribution >= 4 is 5.78 Å². The number of furan rings is 1. The van der Waals surface area contributed by atoms with Crippen LogP contribution in [0.15, 0.2) is 16.5 Å². The molecule has 1 aliphatic rings. The lowest BCUT2D eigenvalue weighted by molar-refractivity contribution is 0.0850. The van der Waals surface area contributed by atoms with E-state index in [0.29, 0.717) is 12.4 Å². The fourth-order valence-corrected chi connectivity index (χ4v) is 1.90. The minimum absolute atomic E-state index is 0.0177. The highest BCUT2D eigenvalue weighted by Crippen LogP contribution is 2.24. The standard InChI is InChI=1S/C12H16O3/c1-3-10-4-5-11(15-10)12(13)9-6-8(2)14-7-9/h4-5,8-9H,3,6-7H2,1-2H3. The Morgan fingerprint density at radius 2 is 2.33 bits per heavy atom. The summed E-state index contributed by atoms with van der Waals surface area (Å²) in [7, 11) is 0. The Bertz CT molecular complexity index is 354. The Morgan fingerprint density at radius 1 is 1.53 bits per heavy atom. The van der Waals surface area contributed by atoms with Gasteiger partial charge in [-0.25, -0.2) is 0 Å². The highest BCUT2D eigenvalue weighted by Gasteiger charge is 2.30. The summed E-state index contributed by atoms with van der Waals surface area (Å²) in [6.45, 7) is 4.53. The zero-order valence-electron chi connectivity index (χ0n) is 9.16. The van der Waals surface area contributed by atoms with E-state index in [0.717, 1.165) is 18.6 Å². The van der Waals surface area contributed by atoms with Crippen molar-refractivity contribution in [1.29, 1.82) is 0 Å². The van der Waals surface area contributed by atoms with Gasteiger partial charge in [-0.15, -0.1) is 0 Å². The number of hydrogen-bond acceptors (Lipinski definition) is 3. The van der Waals surface area contributed by atoms with Crippen molar-refractivity contribution in [3.05, 3.63) is 23.7 Å². The summed E-state index contributed by atoms with van der Waals surface area (Å²) in [5, 5.41) is 0. The van der Waals surface area contributed by atoms with E-state index in [-0.39, 0.29) is 17.8 Å².